The lowest BCUT2D eigenvalue weighted by Gasteiger charge is -2.35. The highest BCUT2D eigenvalue weighted by molar-refractivity contribution is 14.0. The quantitative estimate of drug-likeness (QED) is 0.269. The molecular weight excluding hydrogens is 502 g/mol. The minimum atomic E-state index is 0. The SMILES string of the molecule is I.NC(=NCCNc1ncc(Cl)cc1Cl)N1CCN(c2ncccn2)CC1. The third-order valence-electron chi connectivity index (χ3n) is 3.92. The topological polar surface area (TPSA) is 95.6 Å². The minimum Gasteiger partial charge on any atom is -0.370 e. The summed E-state index contributed by atoms with van der Waals surface area (Å²) in [6.07, 6.45) is 5.04. The Morgan fingerprint density at radius 3 is 2.52 bits per heavy atom. The van der Waals surface area contributed by atoms with Gasteiger partial charge in [0.1, 0.15) is 5.82 Å². The monoisotopic (exact) mass is 522 g/mol. The van der Waals surface area contributed by atoms with Gasteiger partial charge in [-0.3, -0.25) is 4.99 Å². The van der Waals surface area contributed by atoms with Crippen LogP contribution in [0.2, 0.25) is 10.0 Å². The van der Waals surface area contributed by atoms with Gasteiger partial charge >= 0.3 is 0 Å². The standard InChI is InChI=1S/C16H20Cl2N8.HI/c17-12-10-13(18)14(24-11-12)20-4-5-21-15(19)25-6-8-26(9-7-25)16-22-2-1-3-23-16;/h1-3,10-11H,4-9H2,(H2,19,21)(H,20,24);1H. The van der Waals surface area contributed by atoms with Crippen molar-refractivity contribution in [3.63, 3.8) is 0 Å². The van der Waals surface area contributed by atoms with Gasteiger partial charge in [-0.25, -0.2) is 15.0 Å². The van der Waals surface area contributed by atoms with E-state index in [2.05, 4.69) is 35.1 Å². The highest BCUT2D eigenvalue weighted by atomic mass is 127. The van der Waals surface area contributed by atoms with Crippen LogP contribution in [0.5, 0.6) is 0 Å². The predicted octanol–water partition coefficient (Wildman–Crippen LogP) is 2.35. The Hall–Kier alpha value is -1.59. The summed E-state index contributed by atoms with van der Waals surface area (Å²) in [6, 6.07) is 3.46. The van der Waals surface area contributed by atoms with Crippen molar-refractivity contribution in [2.45, 2.75) is 0 Å². The number of aromatic nitrogens is 3. The van der Waals surface area contributed by atoms with Gasteiger partial charge in [0.05, 0.1) is 16.6 Å². The second kappa shape index (κ2) is 10.7. The average molecular weight is 523 g/mol. The largest absolute Gasteiger partial charge is 0.370 e. The first-order chi connectivity index (χ1) is 12.6. The summed E-state index contributed by atoms with van der Waals surface area (Å²) >= 11 is 11.9. The van der Waals surface area contributed by atoms with E-state index in [4.69, 9.17) is 28.9 Å². The summed E-state index contributed by atoms with van der Waals surface area (Å²) in [5.41, 5.74) is 6.10. The Bertz CT molecular complexity index is 753. The van der Waals surface area contributed by atoms with Crippen LogP contribution in [0.25, 0.3) is 0 Å². The Kier molecular flexibility index (Phi) is 8.58. The van der Waals surface area contributed by atoms with Crippen molar-refractivity contribution >= 4 is 64.9 Å². The van der Waals surface area contributed by atoms with E-state index < -0.39 is 0 Å². The zero-order valence-electron chi connectivity index (χ0n) is 14.6. The molecule has 3 heterocycles. The van der Waals surface area contributed by atoms with Gasteiger partial charge in [-0.05, 0) is 12.1 Å². The maximum absolute atomic E-state index is 6.10. The van der Waals surface area contributed by atoms with E-state index in [1.165, 1.54) is 0 Å². The molecule has 0 saturated carbocycles. The number of anilines is 2. The third kappa shape index (κ3) is 6.22. The van der Waals surface area contributed by atoms with Crippen molar-refractivity contribution < 1.29 is 0 Å². The van der Waals surface area contributed by atoms with Crippen molar-refractivity contribution in [1.82, 2.24) is 19.9 Å². The normalized spacial score (nSPS) is 14.7. The second-order valence-electron chi connectivity index (χ2n) is 5.67. The Morgan fingerprint density at radius 1 is 1.15 bits per heavy atom. The van der Waals surface area contributed by atoms with Crippen molar-refractivity contribution in [3.05, 3.63) is 40.8 Å². The number of hydrogen-bond acceptors (Lipinski definition) is 6. The Balaban J connectivity index is 0.00000261. The molecule has 27 heavy (non-hydrogen) atoms. The fraction of sp³-hybridized carbons (Fsp3) is 0.375. The first kappa shape index (κ1) is 21.7. The van der Waals surface area contributed by atoms with E-state index in [0.717, 1.165) is 32.1 Å². The summed E-state index contributed by atoms with van der Waals surface area (Å²) in [5.74, 6) is 1.87. The molecule has 1 aliphatic rings. The third-order valence-corrected chi connectivity index (χ3v) is 4.42. The van der Waals surface area contributed by atoms with Gasteiger partial charge in [0.2, 0.25) is 5.95 Å². The molecule has 3 N–H and O–H groups in total. The smallest absolute Gasteiger partial charge is 0.225 e. The molecule has 0 unspecified atom stereocenters. The lowest BCUT2D eigenvalue weighted by atomic mass is 10.3. The summed E-state index contributed by atoms with van der Waals surface area (Å²) in [5, 5.41) is 4.10. The molecule has 1 saturated heterocycles. The van der Waals surface area contributed by atoms with Gasteiger partial charge in [0.25, 0.3) is 0 Å². The van der Waals surface area contributed by atoms with Crippen molar-refractivity contribution in [1.29, 1.82) is 0 Å². The van der Waals surface area contributed by atoms with Gasteiger partial charge in [0, 0.05) is 51.3 Å². The summed E-state index contributed by atoms with van der Waals surface area (Å²) in [7, 11) is 0. The first-order valence-corrected chi connectivity index (χ1v) is 9.01. The van der Waals surface area contributed by atoms with Crippen LogP contribution in [0.15, 0.2) is 35.7 Å². The van der Waals surface area contributed by atoms with Gasteiger partial charge in [-0.2, -0.15) is 0 Å². The summed E-state index contributed by atoms with van der Waals surface area (Å²) in [4.78, 5) is 21.3. The van der Waals surface area contributed by atoms with Gasteiger partial charge in [0.15, 0.2) is 5.96 Å². The molecule has 3 rings (SSSR count). The van der Waals surface area contributed by atoms with Crippen molar-refractivity contribution in [2.24, 2.45) is 10.7 Å². The number of nitrogens with zero attached hydrogens (tertiary/aromatic N) is 6. The predicted molar refractivity (Wildman–Crippen MR) is 120 cm³/mol. The molecule has 1 fully saturated rings. The fourth-order valence-electron chi connectivity index (χ4n) is 2.58. The van der Waals surface area contributed by atoms with Crippen LogP contribution in [0.3, 0.4) is 0 Å². The van der Waals surface area contributed by atoms with Crippen molar-refractivity contribution in [2.75, 3.05) is 49.5 Å². The lowest BCUT2D eigenvalue weighted by molar-refractivity contribution is 0.378. The van der Waals surface area contributed by atoms with Crippen LogP contribution < -0.4 is 16.0 Å². The number of nitrogens with two attached hydrogens (primary N) is 1. The highest BCUT2D eigenvalue weighted by Gasteiger charge is 2.19. The molecular formula is C16H21Cl2IN8. The molecule has 0 amide bonds. The molecule has 0 atom stereocenters. The second-order valence-corrected chi connectivity index (χ2v) is 6.52. The van der Waals surface area contributed by atoms with Gasteiger partial charge < -0.3 is 20.9 Å². The molecule has 2 aromatic rings. The van der Waals surface area contributed by atoms with E-state index in [1.807, 2.05) is 6.07 Å². The van der Waals surface area contributed by atoms with Crippen LogP contribution in [0, 0.1) is 0 Å². The molecule has 0 bridgehead atoms. The Labute approximate surface area is 185 Å². The average Bonchev–Trinajstić information content (AvgIpc) is 2.67. The van der Waals surface area contributed by atoms with Crippen LogP contribution >= 0.6 is 47.2 Å². The van der Waals surface area contributed by atoms with E-state index in [-0.39, 0.29) is 24.0 Å². The number of rotatable bonds is 5. The van der Waals surface area contributed by atoms with Crippen LogP contribution in [0.1, 0.15) is 0 Å². The van der Waals surface area contributed by atoms with Crippen LogP contribution in [0.4, 0.5) is 11.8 Å². The molecule has 146 valence electrons. The number of nitrogens with one attached hydrogen (secondary N) is 1. The molecule has 0 aromatic carbocycles. The number of guanidine groups is 1. The molecule has 0 aliphatic carbocycles. The van der Waals surface area contributed by atoms with E-state index in [0.29, 0.717) is 34.9 Å². The zero-order chi connectivity index (χ0) is 18.4. The summed E-state index contributed by atoms with van der Waals surface area (Å²) in [6.45, 7) is 4.28. The summed E-state index contributed by atoms with van der Waals surface area (Å²) < 4.78 is 0. The van der Waals surface area contributed by atoms with Gasteiger partial charge in [-0.1, -0.05) is 23.2 Å². The number of piperazine rings is 1. The fourth-order valence-corrected chi connectivity index (χ4v) is 3.03. The molecule has 11 heteroatoms. The Morgan fingerprint density at radius 2 is 1.85 bits per heavy atom. The molecule has 0 radical (unpaired) electrons. The van der Waals surface area contributed by atoms with E-state index in [9.17, 15) is 0 Å². The zero-order valence-corrected chi connectivity index (χ0v) is 18.4. The van der Waals surface area contributed by atoms with Gasteiger partial charge in [-0.15, -0.1) is 24.0 Å². The van der Waals surface area contributed by atoms with Crippen molar-refractivity contribution in [3.8, 4) is 0 Å². The van der Waals surface area contributed by atoms with Crippen LogP contribution in [-0.2, 0) is 0 Å². The molecule has 2 aromatic heterocycles. The minimum absolute atomic E-state index is 0. The number of halogens is 3. The number of pyridine rings is 1. The maximum atomic E-state index is 6.10. The first-order valence-electron chi connectivity index (χ1n) is 8.25. The van der Waals surface area contributed by atoms with Crippen LogP contribution in [-0.4, -0.2) is 65.1 Å². The van der Waals surface area contributed by atoms with E-state index in [1.54, 1.807) is 24.7 Å². The number of hydrogen-bond donors (Lipinski definition) is 2. The molecule has 1 aliphatic heterocycles. The molecule has 0 spiro atoms. The number of aliphatic imine (C=N–C) groups is 1. The highest BCUT2D eigenvalue weighted by Crippen LogP contribution is 2.22. The van der Waals surface area contributed by atoms with E-state index >= 15 is 0 Å². The maximum Gasteiger partial charge on any atom is 0.225 e. The lowest BCUT2D eigenvalue weighted by Crippen LogP contribution is -2.51. The molecule has 8 nitrogen and oxygen atoms in total.